The molecule has 2 aromatic carbocycles. The van der Waals surface area contributed by atoms with Crippen LogP contribution in [0.3, 0.4) is 0 Å². The normalized spacial score (nSPS) is 10.4. The number of benzene rings is 2. The van der Waals surface area contributed by atoms with Gasteiger partial charge in [0.15, 0.2) is 0 Å². The van der Waals surface area contributed by atoms with Gasteiger partial charge in [-0.3, -0.25) is 4.79 Å². The zero-order valence-electron chi connectivity index (χ0n) is 12.2. The quantitative estimate of drug-likeness (QED) is 0.892. The number of ether oxygens (including phenoxy) is 1. The van der Waals surface area contributed by atoms with Crippen molar-refractivity contribution in [2.75, 3.05) is 7.11 Å². The predicted molar refractivity (Wildman–Crippen MR) is 87.2 cm³/mol. The maximum Gasteiger partial charge on any atom is 0.252 e. The molecule has 21 heavy (non-hydrogen) atoms. The van der Waals surface area contributed by atoms with Crippen molar-refractivity contribution in [2.45, 2.75) is 20.1 Å². The van der Waals surface area contributed by atoms with Crippen molar-refractivity contribution in [3.05, 3.63) is 69.2 Å². The van der Waals surface area contributed by atoms with Crippen LogP contribution in [0.15, 0.2) is 46.9 Å². The number of hydrogen-bond acceptors (Lipinski definition) is 2. The van der Waals surface area contributed by atoms with Crippen LogP contribution in [0.1, 0.15) is 27.0 Å². The van der Waals surface area contributed by atoms with E-state index < -0.39 is 0 Å². The number of carbonyl (C=O) groups excluding carboxylic acids is 1. The van der Waals surface area contributed by atoms with Gasteiger partial charge < -0.3 is 10.1 Å². The Bertz CT molecular complexity index is 640. The fraction of sp³-hybridized carbons (Fsp3) is 0.235. The summed E-state index contributed by atoms with van der Waals surface area (Å²) in [7, 11) is 1.67. The standard InChI is InChI=1S/C17H18BrNO2/c1-12-5-3-8-15(16(12)18)17(20)19-10-13-6-4-7-14(9-13)11-21-2/h3-9H,10-11H2,1-2H3,(H,19,20). The van der Waals surface area contributed by atoms with Gasteiger partial charge in [-0.25, -0.2) is 0 Å². The van der Waals surface area contributed by atoms with E-state index in [2.05, 4.69) is 21.2 Å². The van der Waals surface area contributed by atoms with Crippen LogP contribution in [-0.2, 0) is 17.9 Å². The molecular formula is C17H18BrNO2. The molecule has 0 aliphatic heterocycles. The number of halogens is 1. The molecule has 2 rings (SSSR count). The lowest BCUT2D eigenvalue weighted by atomic mass is 10.1. The molecule has 110 valence electrons. The molecule has 0 unspecified atom stereocenters. The highest BCUT2D eigenvalue weighted by molar-refractivity contribution is 9.10. The van der Waals surface area contributed by atoms with Gasteiger partial charge >= 0.3 is 0 Å². The average Bonchev–Trinajstić information content (AvgIpc) is 2.48. The van der Waals surface area contributed by atoms with E-state index >= 15 is 0 Å². The van der Waals surface area contributed by atoms with Gasteiger partial charge in [-0.1, -0.05) is 36.4 Å². The van der Waals surface area contributed by atoms with Crippen LogP contribution in [-0.4, -0.2) is 13.0 Å². The van der Waals surface area contributed by atoms with E-state index in [4.69, 9.17) is 4.74 Å². The molecule has 0 aromatic heterocycles. The van der Waals surface area contributed by atoms with Crippen molar-refractivity contribution in [3.8, 4) is 0 Å². The van der Waals surface area contributed by atoms with Crippen LogP contribution in [0.2, 0.25) is 0 Å². The molecule has 1 amide bonds. The zero-order chi connectivity index (χ0) is 15.2. The molecular weight excluding hydrogens is 330 g/mol. The molecule has 0 aliphatic rings. The van der Waals surface area contributed by atoms with Crippen LogP contribution in [0.4, 0.5) is 0 Å². The summed E-state index contributed by atoms with van der Waals surface area (Å²) >= 11 is 3.46. The van der Waals surface area contributed by atoms with Crippen molar-refractivity contribution < 1.29 is 9.53 Å². The Morgan fingerprint density at radius 3 is 2.67 bits per heavy atom. The largest absolute Gasteiger partial charge is 0.380 e. The first-order chi connectivity index (χ1) is 10.1. The Morgan fingerprint density at radius 2 is 1.90 bits per heavy atom. The summed E-state index contributed by atoms with van der Waals surface area (Å²) in [6.07, 6.45) is 0. The van der Waals surface area contributed by atoms with Crippen molar-refractivity contribution >= 4 is 21.8 Å². The van der Waals surface area contributed by atoms with Crippen molar-refractivity contribution in [2.24, 2.45) is 0 Å². The summed E-state index contributed by atoms with van der Waals surface area (Å²) in [4.78, 5) is 12.2. The molecule has 0 aliphatic carbocycles. The van der Waals surface area contributed by atoms with Crippen LogP contribution >= 0.6 is 15.9 Å². The molecule has 1 N–H and O–H groups in total. The summed E-state index contributed by atoms with van der Waals surface area (Å²) in [6.45, 7) is 3.04. The van der Waals surface area contributed by atoms with E-state index in [1.54, 1.807) is 7.11 Å². The first-order valence-corrected chi connectivity index (χ1v) is 7.51. The Labute approximate surface area is 133 Å². The van der Waals surface area contributed by atoms with Gasteiger partial charge in [0.05, 0.1) is 12.2 Å². The molecule has 0 fully saturated rings. The highest BCUT2D eigenvalue weighted by Gasteiger charge is 2.10. The van der Waals surface area contributed by atoms with E-state index in [1.165, 1.54) is 0 Å². The molecule has 0 heterocycles. The SMILES string of the molecule is COCc1cccc(CNC(=O)c2cccc(C)c2Br)c1. The molecule has 0 bridgehead atoms. The monoisotopic (exact) mass is 347 g/mol. The minimum atomic E-state index is -0.0808. The van der Waals surface area contributed by atoms with Crippen LogP contribution in [0.5, 0.6) is 0 Å². The molecule has 0 radical (unpaired) electrons. The summed E-state index contributed by atoms with van der Waals surface area (Å²) in [5.41, 5.74) is 3.86. The first-order valence-electron chi connectivity index (χ1n) is 6.72. The van der Waals surface area contributed by atoms with Crippen LogP contribution < -0.4 is 5.32 Å². The molecule has 3 nitrogen and oxygen atoms in total. The van der Waals surface area contributed by atoms with E-state index in [9.17, 15) is 4.79 Å². The third-order valence-electron chi connectivity index (χ3n) is 3.19. The van der Waals surface area contributed by atoms with E-state index in [0.717, 1.165) is 21.2 Å². The third kappa shape index (κ3) is 4.16. The molecule has 2 aromatic rings. The van der Waals surface area contributed by atoms with Gasteiger partial charge in [0, 0.05) is 18.1 Å². The Kier molecular flexibility index (Phi) is 5.53. The lowest BCUT2D eigenvalue weighted by Crippen LogP contribution is -2.23. The van der Waals surface area contributed by atoms with Crippen LogP contribution in [0.25, 0.3) is 0 Å². The lowest BCUT2D eigenvalue weighted by molar-refractivity contribution is 0.0950. The summed E-state index contributed by atoms with van der Waals surface area (Å²) in [5, 5.41) is 2.94. The van der Waals surface area contributed by atoms with Crippen molar-refractivity contribution in [1.29, 1.82) is 0 Å². The van der Waals surface area contributed by atoms with Gasteiger partial charge in [-0.2, -0.15) is 0 Å². The van der Waals surface area contributed by atoms with Crippen LogP contribution in [0, 0.1) is 6.92 Å². The van der Waals surface area contributed by atoms with Gasteiger partial charge in [-0.05, 0) is 45.6 Å². The molecule has 4 heteroatoms. The van der Waals surface area contributed by atoms with Crippen molar-refractivity contribution in [1.82, 2.24) is 5.32 Å². The Morgan fingerprint density at radius 1 is 1.19 bits per heavy atom. The number of carbonyl (C=O) groups is 1. The van der Waals surface area contributed by atoms with E-state index in [0.29, 0.717) is 18.7 Å². The molecule has 0 atom stereocenters. The highest BCUT2D eigenvalue weighted by Crippen LogP contribution is 2.21. The molecule has 0 saturated heterocycles. The minimum absolute atomic E-state index is 0.0808. The highest BCUT2D eigenvalue weighted by atomic mass is 79.9. The van der Waals surface area contributed by atoms with Gasteiger partial charge in [-0.15, -0.1) is 0 Å². The maximum absolute atomic E-state index is 12.2. The molecule has 0 spiro atoms. The van der Waals surface area contributed by atoms with E-state index in [-0.39, 0.29) is 5.91 Å². The molecule has 0 saturated carbocycles. The number of methoxy groups -OCH3 is 1. The van der Waals surface area contributed by atoms with Gasteiger partial charge in [0.1, 0.15) is 0 Å². The smallest absolute Gasteiger partial charge is 0.252 e. The topological polar surface area (TPSA) is 38.3 Å². The average molecular weight is 348 g/mol. The number of rotatable bonds is 5. The number of amides is 1. The number of hydrogen-bond donors (Lipinski definition) is 1. The zero-order valence-corrected chi connectivity index (χ0v) is 13.7. The number of nitrogens with one attached hydrogen (secondary N) is 1. The van der Waals surface area contributed by atoms with Crippen molar-refractivity contribution in [3.63, 3.8) is 0 Å². The Hall–Kier alpha value is -1.65. The lowest BCUT2D eigenvalue weighted by Gasteiger charge is -2.09. The van der Waals surface area contributed by atoms with Gasteiger partial charge in [0.25, 0.3) is 5.91 Å². The summed E-state index contributed by atoms with van der Waals surface area (Å²) < 4.78 is 5.96. The van der Waals surface area contributed by atoms with E-state index in [1.807, 2.05) is 49.4 Å². The minimum Gasteiger partial charge on any atom is -0.380 e. The number of aryl methyl sites for hydroxylation is 1. The predicted octanol–water partition coefficient (Wildman–Crippen LogP) is 3.83. The second-order valence-corrected chi connectivity index (χ2v) is 5.67. The fourth-order valence-corrected chi connectivity index (χ4v) is 2.54. The second kappa shape index (κ2) is 7.38. The second-order valence-electron chi connectivity index (χ2n) is 4.87. The Balaban J connectivity index is 2.04. The fourth-order valence-electron chi connectivity index (χ4n) is 2.10. The third-order valence-corrected chi connectivity index (χ3v) is 4.24. The first kappa shape index (κ1) is 15.7. The van der Waals surface area contributed by atoms with Gasteiger partial charge in [0.2, 0.25) is 0 Å². The summed E-state index contributed by atoms with van der Waals surface area (Å²) in [5.74, 6) is -0.0808. The maximum atomic E-state index is 12.2. The summed E-state index contributed by atoms with van der Waals surface area (Å²) in [6, 6.07) is 13.7.